The summed E-state index contributed by atoms with van der Waals surface area (Å²) in [5.74, 6) is -0.772. The Labute approximate surface area is 96.2 Å². The number of aliphatic hydroxyl groups excluding tert-OH is 1. The summed E-state index contributed by atoms with van der Waals surface area (Å²) >= 11 is 0. The van der Waals surface area contributed by atoms with Crippen LogP contribution in [0, 0.1) is 0 Å². The van der Waals surface area contributed by atoms with Crippen molar-refractivity contribution in [2.45, 2.75) is 18.9 Å². The fraction of sp³-hybridized carbons (Fsp3) is 1.00. The minimum absolute atomic E-state index is 0.0447. The van der Waals surface area contributed by atoms with Crippen LogP contribution in [0.1, 0.15) is 12.8 Å². The molecule has 1 saturated carbocycles. The summed E-state index contributed by atoms with van der Waals surface area (Å²) in [5, 5.41) is 8.78. The molecule has 1 aliphatic rings. The summed E-state index contributed by atoms with van der Waals surface area (Å²) in [6.07, 6.45) is 2.59. The molecule has 0 spiro atoms. The highest BCUT2D eigenvalue weighted by molar-refractivity contribution is 7.93. The Morgan fingerprint density at radius 1 is 1.19 bits per heavy atom. The number of aliphatic hydroxyl groups is 1. The minimum Gasteiger partial charge on any atom is -0.395 e. The average Bonchev–Trinajstić information content (AvgIpc) is 2.93. The van der Waals surface area contributed by atoms with Crippen molar-refractivity contribution in [1.29, 1.82) is 0 Å². The number of sulfonamides is 1. The van der Waals surface area contributed by atoms with Crippen molar-refractivity contribution in [2.24, 2.45) is 0 Å². The molecule has 0 unspecified atom stereocenters. The van der Waals surface area contributed by atoms with Gasteiger partial charge in [0.05, 0.1) is 18.1 Å². The van der Waals surface area contributed by atoms with Crippen molar-refractivity contribution in [3.8, 4) is 0 Å². The van der Waals surface area contributed by atoms with Crippen molar-refractivity contribution in [3.05, 3.63) is 0 Å². The maximum absolute atomic E-state index is 11.8. The number of sulfone groups is 1. The predicted molar refractivity (Wildman–Crippen MR) is 60.3 cm³/mol. The molecule has 6 nitrogen and oxygen atoms in total. The van der Waals surface area contributed by atoms with Crippen molar-refractivity contribution in [2.75, 3.05) is 30.9 Å². The van der Waals surface area contributed by atoms with E-state index in [1.807, 2.05) is 0 Å². The topological polar surface area (TPSA) is 91.8 Å². The third-order valence-corrected chi connectivity index (χ3v) is 5.46. The van der Waals surface area contributed by atoms with Gasteiger partial charge in [0.2, 0.25) is 10.0 Å². The Kier molecular flexibility index (Phi) is 4.33. The zero-order valence-electron chi connectivity index (χ0n) is 9.16. The molecule has 0 aliphatic heterocycles. The monoisotopic (exact) mass is 271 g/mol. The lowest BCUT2D eigenvalue weighted by Crippen LogP contribution is -2.38. The van der Waals surface area contributed by atoms with Crippen LogP contribution in [0.5, 0.6) is 0 Å². The van der Waals surface area contributed by atoms with Crippen LogP contribution in [0.3, 0.4) is 0 Å². The summed E-state index contributed by atoms with van der Waals surface area (Å²) < 4.78 is 46.6. The molecule has 0 amide bonds. The largest absolute Gasteiger partial charge is 0.395 e. The Bertz CT molecular complexity index is 423. The minimum atomic E-state index is -3.56. The van der Waals surface area contributed by atoms with E-state index < -0.39 is 25.6 Å². The molecule has 0 saturated heterocycles. The smallest absolute Gasteiger partial charge is 0.215 e. The summed E-state index contributed by atoms with van der Waals surface area (Å²) in [7, 11) is -6.84. The predicted octanol–water partition coefficient (Wildman–Crippen LogP) is -1.18. The fourth-order valence-corrected chi connectivity index (χ4v) is 4.70. The highest BCUT2D eigenvalue weighted by atomic mass is 32.2. The van der Waals surface area contributed by atoms with Crippen LogP contribution in [-0.4, -0.2) is 63.2 Å². The summed E-state index contributed by atoms with van der Waals surface area (Å²) in [6.45, 7) is -0.189. The van der Waals surface area contributed by atoms with Crippen LogP contribution in [0.2, 0.25) is 0 Å². The Balaban J connectivity index is 2.66. The zero-order valence-corrected chi connectivity index (χ0v) is 10.8. The van der Waals surface area contributed by atoms with Gasteiger partial charge in [-0.25, -0.2) is 16.8 Å². The van der Waals surface area contributed by atoms with Crippen molar-refractivity contribution in [3.63, 3.8) is 0 Å². The first-order valence-electron chi connectivity index (χ1n) is 5.04. The summed E-state index contributed by atoms with van der Waals surface area (Å²) in [4.78, 5) is 0. The van der Waals surface area contributed by atoms with Gasteiger partial charge < -0.3 is 5.11 Å². The van der Waals surface area contributed by atoms with Crippen LogP contribution >= 0.6 is 0 Å². The van der Waals surface area contributed by atoms with E-state index in [4.69, 9.17) is 5.11 Å². The normalized spacial score (nSPS) is 17.9. The van der Waals surface area contributed by atoms with Crippen molar-refractivity contribution in [1.82, 2.24) is 4.31 Å². The van der Waals surface area contributed by atoms with E-state index in [2.05, 4.69) is 0 Å². The van der Waals surface area contributed by atoms with E-state index in [1.165, 1.54) is 4.31 Å². The van der Waals surface area contributed by atoms with E-state index in [0.29, 0.717) is 0 Å². The van der Waals surface area contributed by atoms with Crippen LogP contribution in [-0.2, 0) is 19.9 Å². The average molecular weight is 271 g/mol. The molecule has 0 aromatic heterocycles. The van der Waals surface area contributed by atoms with Crippen molar-refractivity contribution >= 4 is 19.9 Å². The molecule has 1 rings (SSSR count). The van der Waals surface area contributed by atoms with E-state index in [9.17, 15) is 16.8 Å². The molecule has 0 bridgehead atoms. The first kappa shape index (κ1) is 13.9. The number of hydrogen-bond donors (Lipinski definition) is 1. The van der Waals surface area contributed by atoms with Crippen LogP contribution < -0.4 is 0 Å². The second kappa shape index (κ2) is 4.99. The molecule has 0 heterocycles. The lowest BCUT2D eigenvalue weighted by Gasteiger charge is -2.20. The molecule has 0 aromatic carbocycles. The lowest BCUT2D eigenvalue weighted by atomic mass is 10.6. The molecular formula is C8H17NO5S2. The van der Waals surface area contributed by atoms with Gasteiger partial charge in [-0.1, -0.05) is 0 Å². The van der Waals surface area contributed by atoms with E-state index in [-0.39, 0.29) is 24.9 Å². The molecule has 1 N–H and O–H groups in total. The van der Waals surface area contributed by atoms with Gasteiger partial charge >= 0.3 is 0 Å². The SMILES string of the molecule is CS(=O)(=O)CCS(=O)(=O)N(CCO)C1CC1. The van der Waals surface area contributed by atoms with E-state index >= 15 is 0 Å². The van der Waals surface area contributed by atoms with E-state index in [0.717, 1.165) is 19.1 Å². The zero-order chi connectivity index (χ0) is 12.4. The molecule has 8 heteroatoms. The molecule has 0 aromatic rings. The number of hydrogen-bond acceptors (Lipinski definition) is 5. The molecule has 0 atom stereocenters. The lowest BCUT2D eigenvalue weighted by molar-refractivity contribution is 0.250. The molecule has 1 fully saturated rings. The van der Waals surface area contributed by atoms with E-state index in [1.54, 1.807) is 0 Å². The second-order valence-electron chi connectivity index (χ2n) is 4.01. The number of rotatable bonds is 7. The van der Waals surface area contributed by atoms with Gasteiger partial charge in [0.1, 0.15) is 9.84 Å². The Morgan fingerprint density at radius 3 is 2.12 bits per heavy atom. The van der Waals surface area contributed by atoms with Gasteiger partial charge in [-0.3, -0.25) is 0 Å². The maximum Gasteiger partial charge on any atom is 0.215 e. The Hall–Kier alpha value is -0.180. The molecule has 96 valence electrons. The molecule has 0 radical (unpaired) electrons. The highest BCUT2D eigenvalue weighted by Gasteiger charge is 2.36. The molecule has 1 aliphatic carbocycles. The van der Waals surface area contributed by atoms with Gasteiger partial charge in [0.25, 0.3) is 0 Å². The van der Waals surface area contributed by atoms with Crippen LogP contribution in [0.4, 0.5) is 0 Å². The first-order valence-corrected chi connectivity index (χ1v) is 8.71. The van der Waals surface area contributed by atoms with Crippen LogP contribution in [0.25, 0.3) is 0 Å². The highest BCUT2D eigenvalue weighted by Crippen LogP contribution is 2.29. The van der Waals surface area contributed by atoms with Gasteiger partial charge in [0.15, 0.2) is 0 Å². The van der Waals surface area contributed by atoms with Crippen LogP contribution in [0.15, 0.2) is 0 Å². The standard InChI is InChI=1S/C8H17NO5S2/c1-15(11,12)6-7-16(13,14)9(4-5-10)8-2-3-8/h8,10H,2-7H2,1H3. The third kappa shape index (κ3) is 4.36. The number of nitrogens with zero attached hydrogens (tertiary/aromatic N) is 1. The maximum atomic E-state index is 11.8. The molecule has 16 heavy (non-hydrogen) atoms. The first-order chi connectivity index (χ1) is 7.26. The Morgan fingerprint density at radius 2 is 1.75 bits per heavy atom. The van der Waals surface area contributed by atoms with Gasteiger partial charge in [-0.15, -0.1) is 0 Å². The second-order valence-corrected chi connectivity index (χ2v) is 8.31. The third-order valence-electron chi connectivity index (χ3n) is 2.34. The summed E-state index contributed by atoms with van der Waals surface area (Å²) in [6, 6.07) is -0.0447. The van der Waals surface area contributed by atoms with Gasteiger partial charge in [-0.2, -0.15) is 4.31 Å². The quantitative estimate of drug-likeness (QED) is 0.629. The summed E-state index contributed by atoms with van der Waals surface area (Å²) in [5.41, 5.74) is 0. The fourth-order valence-electron chi connectivity index (χ4n) is 1.38. The van der Waals surface area contributed by atoms with Crippen molar-refractivity contribution < 1.29 is 21.9 Å². The van der Waals surface area contributed by atoms with Gasteiger partial charge in [-0.05, 0) is 12.8 Å². The van der Waals surface area contributed by atoms with Gasteiger partial charge in [0, 0.05) is 18.8 Å². The molecular weight excluding hydrogens is 254 g/mol.